The molecule has 8 nitrogen and oxygen atoms in total. The van der Waals surface area contributed by atoms with Gasteiger partial charge in [0.1, 0.15) is 12.6 Å². The molecule has 0 saturated heterocycles. The summed E-state index contributed by atoms with van der Waals surface area (Å²) in [4.78, 5) is 35.7. The quantitative estimate of drug-likeness (QED) is 0.409. The Balaban J connectivity index is 1.56. The fourth-order valence-electron chi connectivity index (χ4n) is 4.17. The van der Waals surface area contributed by atoms with Crippen molar-refractivity contribution in [2.45, 2.75) is 50.5 Å². The van der Waals surface area contributed by atoms with Crippen molar-refractivity contribution in [1.29, 1.82) is 5.26 Å². The zero-order valence-corrected chi connectivity index (χ0v) is 19.0. The standard InChI is InChI=1S/C26H29N3O5/c27-15-7-5-13-23(25(32)28-16-8-6-14-24(30)31)29-26(33)34-17-22-20-11-3-1-9-18(20)19-10-2-4-12-21(19)22/h1-4,9-12,22-23H,5-8,13-14,16-17H2,(H,28,32)(H,29,33)(H,30,31). The van der Waals surface area contributed by atoms with Gasteiger partial charge in [-0.15, -0.1) is 0 Å². The van der Waals surface area contributed by atoms with E-state index in [0.717, 1.165) is 22.3 Å². The maximum absolute atomic E-state index is 12.6. The zero-order valence-electron chi connectivity index (χ0n) is 19.0. The number of unbranched alkanes of at least 4 members (excludes halogenated alkanes) is 2. The molecule has 0 bridgehead atoms. The number of carbonyl (C=O) groups is 3. The number of rotatable bonds is 12. The molecule has 2 amide bonds. The van der Waals surface area contributed by atoms with E-state index in [1.54, 1.807) is 0 Å². The second-order valence-corrected chi connectivity index (χ2v) is 8.21. The first-order valence-corrected chi connectivity index (χ1v) is 11.5. The minimum Gasteiger partial charge on any atom is -0.481 e. The average Bonchev–Trinajstić information content (AvgIpc) is 3.15. The smallest absolute Gasteiger partial charge is 0.407 e. The number of nitriles is 1. The summed E-state index contributed by atoms with van der Waals surface area (Å²) in [5, 5.41) is 22.8. The Hall–Kier alpha value is -3.86. The molecule has 0 aromatic heterocycles. The van der Waals surface area contributed by atoms with E-state index in [0.29, 0.717) is 32.2 Å². The van der Waals surface area contributed by atoms with Crippen LogP contribution in [0.4, 0.5) is 4.79 Å². The van der Waals surface area contributed by atoms with Crippen LogP contribution in [0.1, 0.15) is 55.6 Å². The lowest BCUT2D eigenvalue weighted by Gasteiger charge is -2.19. The van der Waals surface area contributed by atoms with Crippen molar-refractivity contribution in [3.63, 3.8) is 0 Å². The number of ether oxygens (including phenoxy) is 1. The fraction of sp³-hybridized carbons (Fsp3) is 0.385. The van der Waals surface area contributed by atoms with Gasteiger partial charge in [-0.1, -0.05) is 48.5 Å². The number of nitrogens with one attached hydrogen (secondary N) is 2. The summed E-state index contributed by atoms with van der Waals surface area (Å²) < 4.78 is 5.54. The number of carboxylic acids is 1. The van der Waals surface area contributed by atoms with Crippen molar-refractivity contribution in [3.8, 4) is 17.2 Å². The Morgan fingerprint density at radius 3 is 2.26 bits per heavy atom. The van der Waals surface area contributed by atoms with Gasteiger partial charge in [-0.2, -0.15) is 5.26 Å². The molecule has 1 unspecified atom stereocenters. The normalized spacial score (nSPS) is 12.7. The van der Waals surface area contributed by atoms with Gasteiger partial charge in [0.25, 0.3) is 0 Å². The summed E-state index contributed by atoms with van der Waals surface area (Å²) in [7, 11) is 0. The van der Waals surface area contributed by atoms with E-state index in [4.69, 9.17) is 15.1 Å². The van der Waals surface area contributed by atoms with E-state index < -0.39 is 18.1 Å². The van der Waals surface area contributed by atoms with E-state index in [1.165, 1.54) is 0 Å². The molecule has 34 heavy (non-hydrogen) atoms. The van der Waals surface area contributed by atoms with Gasteiger partial charge < -0.3 is 20.5 Å². The summed E-state index contributed by atoms with van der Waals surface area (Å²) in [6, 6.07) is 17.3. The number of carbonyl (C=O) groups excluding carboxylic acids is 2. The van der Waals surface area contributed by atoms with E-state index in [-0.39, 0.29) is 31.3 Å². The number of hydrogen-bond donors (Lipinski definition) is 3. The van der Waals surface area contributed by atoms with Gasteiger partial charge in [0.15, 0.2) is 0 Å². The summed E-state index contributed by atoms with van der Waals surface area (Å²) >= 11 is 0. The summed E-state index contributed by atoms with van der Waals surface area (Å²) in [6.07, 6.45) is 1.36. The Labute approximate surface area is 198 Å². The zero-order chi connectivity index (χ0) is 24.3. The number of aliphatic carboxylic acids is 1. The number of carboxylic acid groups (broad SMARTS) is 1. The number of alkyl carbamates (subject to hydrolysis) is 1. The molecule has 3 rings (SSSR count). The third-order valence-corrected chi connectivity index (χ3v) is 5.85. The van der Waals surface area contributed by atoms with Crippen LogP contribution < -0.4 is 10.6 Å². The number of fused-ring (bicyclic) bond motifs is 3. The third kappa shape index (κ3) is 6.58. The molecule has 1 aliphatic rings. The Morgan fingerprint density at radius 2 is 1.65 bits per heavy atom. The van der Waals surface area contributed by atoms with Crippen molar-refractivity contribution >= 4 is 18.0 Å². The maximum Gasteiger partial charge on any atom is 0.407 e. The van der Waals surface area contributed by atoms with E-state index in [1.807, 2.05) is 42.5 Å². The predicted molar refractivity (Wildman–Crippen MR) is 126 cm³/mol. The van der Waals surface area contributed by atoms with Gasteiger partial charge in [0.05, 0.1) is 6.07 Å². The first-order valence-electron chi connectivity index (χ1n) is 11.5. The van der Waals surface area contributed by atoms with Crippen LogP contribution >= 0.6 is 0 Å². The number of benzene rings is 2. The van der Waals surface area contributed by atoms with Crippen molar-refractivity contribution in [1.82, 2.24) is 10.6 Å². The van der Waals surface area contributed by atoms with Crippen LogP contribution in [0, 0.1) is 11.3 Å². The van der Waals surface area contributed by atoms with Gasteiger partial charge in [0, 0.05) is 25.3 Å². The van der Waals surface area contributed by atoms with Gasteiger partial charge in [0.2, 0.25) is 5.91 Å². The number of hydrogen-bond acceptors (Lipinski definition) is 5. The molecule has 0 heterocycles. The SMILES string of the molecule is N#CCCCC(NC(=O)OCC1c2ccccc2-c2ccccc21)C(=O)NCCCCC(=O)O. The lowest BCUT2D eigenvalue weighted by Crippen LogP contribution is -2.47. The van der Waals surface area contributed by atoms with E-state index in [9.17, 15) is 14.4 Å². The number of nitrogens with zero attached hydrogens (tertiary/aromatic N) is 1. The minimum absolute atomic E-state index is 0.0411. The van der Waals surface area contributed by atoms with Crippen LogP contribution in [0.3, 0.4) is 0 Å². The largest absolute Gasteiger partial charge is 0.481 e. The van der Waals surface area contributed by atoms with Crippen molar-refractivity contribution in [2.75, 3.05) is 13.2 Å². The first-order chi connectivity index (χ1) is 16.5. The maximum atomic E-state index is 12.6. The molecule has 0 spiro atoms. The molecule has 3 N–H and O–H groups in total. The molecule has 8 heteroatoms. The molecule has 0 radical (unpaired) electrons. The highest BCUT2D eigenvalue weighted by Gasteiger charge is 2.29. The topological polar surface area (TPSA) is 129 Å². The van der Waals surface area contributed by atoms with Gasteiger partial charge >= 0.3 is 12.1 Å². The second kappa shape index (κ2) is 12.4. The molecular weight excluding hydrogens is 434 g/mol. The Bertz CT molecular complexity index is 1020. The summed E-state index contributed by atoms with van der Waals surface area (Å²) in [5.41, 5.74) is 4.45. The highest BCUT2D eigenvalue weighted by molar-refractivity contribution is 5.85. The van der Waals surface area contributed by atoms with Crippen LogP contribution in [0.5, 0.6) is 0 Å². The highest BCUT2D eigenvalue weighted by Crippen LogP contribution is 2.44. The molecule has 0 aliphatic heterocycles. The van der Waals surface area contributed by atoms with E-state index >= 15 is 0 Å². The Kier molecular flexibility index (Phi) is 9.04. The van der Waals surface area contributed by atoms with Crippen molar-refractivity contribution < 1.29 is 24.2 Å². The molecule has 178 valence electrons. The fourth-order valence-corrected chi connectivity index (χ4v) is 4.17. The molecule has 1 atom stereocenters. The van der Waals surface area contributed by atoms with Crippen LogP contribution in [-0.4, -0.2) is 42.3 Å². The van der Waals surface area contributed by atoms with Crippen molar-refractivity contribution in [3.05, 3.63) is 59.7 Å². The Morgan fingerprint density at radius 1 is 1.00 bits per heavy atom. The number of amides is 2. The first kappa shape index (κ1) is 24.8. The molecule has 2 aromatic rings. The summed E-state index contributed by atoms with van der Waals surface area (Å²) in [5.74, 6) is -1.34. The lowest BCUT2D eigenvalue weighted by atomic mass is 9.98. The van der Waals surface area contributed by atoms with Gasteiger partial charge in [-0.3, -0.25) is 9.59 Å². The summed E-state index contributed by atoms with van der Waals surface area (Å²) in [6.45, 7) is 0.453. The predicted octanol–water partition coefficient (Wildman–Crippen LogP) is 3.96. The minimum atomic E-state index is -0.877. The third-order valence-electron chi connectivity index (χ3n) is 5.85. The van der Waals surface area contributed by atoms with Crippen LogP contribution in [-0.2, 0) is 14.3 Å². The average molecular weight is 464 g/mol. The molecule has 1 aliphatic carbocycles. The van der Waals surface area contributed by atoms with Crippen LogP contribution in [0.25, 0.3) is 11.1 Å². The van der Waals surface area contributed by atoms with E-state index in [2.05, 4.69) is 22.8 Å². The van der Waals surface area contributed by atoms with Gasteiger partial charge in [-0.25, -0.2) is 4.79 Å². The van der Waals surface area contributed by atoms with Gasteiger partial charge in [-0.05, 0) is 47.9 Å². The second-order valence-electron chi connectivity index (χ2n) is 8.21. The van der Waals surface area contributed by atoms with Crippen LogP contribution in [0.2, 0.25) is 0 Å². The molecule has 0 saturated carbocycles. The van der Waals surface area contributed by atoms with Crippen LogP contribution in [0.15, 0.2) is 48.5 Å². The van der Waals surface area contributed by atoms with Crippen molar-refractivity contribution in [2.24, 2.45) is 0 Å². The molecule has 0 fully saturated rings. The highest BCUT2D eigenvalue weighted by atomic mass is 16.5. The lowest BCUT2D eigenvalue weighted by molar-refractivity contribution is -0.137. The molecular formula is C26H29N3O5. The monoisotopic (exact) mass is 463 g/mol. The molecule has 2 aromatic carbocycles.